The van der Waals surface area contributed by atoms with Crippen LogP contribution in [0.4, 0.5) is 0 Å². The summed E-state index contributed by atoms with van der Waals surface area (Å²) in [5.74, 6) is 1.08. The molecule has 1 heterocycles. The summed E-state index contributed by atoms with van der Waals surface area (Å²) in [5, 5.41) is 3.82. The highest BCUT2D eigenvalue weighted by molar-refractivity contribution is 5.01. The molecular weight excluding hydrogens is 182 g/mol. The lowest BCUT2D eigenvalue weighted by atomic mass is 9.67. The summed E-state index contributed by atoms with van der Waals surface area (Å²) in [6.45, 7) is 1.29. The van der Waals surface area contributed by atoms with Gasteiger partial charge in [-0.05, 0) is 56.4 Å². The zero-order chi connectivity index (χ0) is 10.1. The molecule has 3 aliphatic rings. The molecule has 0 bridgehead atoms. The van der Waals surface area contributed by atoms with Gasteiger partial charge in [-0.3, -0.25) is 0 Å². The second kappa shape index (κ2) is 4.08. The van der Waals surface area contributed by atoms with E-state index in [4.69, 9.17) is 0 Å². The summed E-state index contributed by atoms with van der Waals surface area (Å²) in [6.07, 6.45) is 15.1. The molecule has 1 saturated heterocycles. The van der Waals surface area contributed by atoms with Gasteiger partial charge >= 0.3 is 0 Å². The van der Waals surface area contributed by atoms with Gasteiger partial charge < -0.3 is 5.32 Å². The molecule has 0 radical (unpaired) electrons. The third-order valence-corrected chi connectivity index (χ3v) is 5.46. The normalized spacial score (nSPS) is 36.4. The van der Waals surface area contributed by atoms with Crippen molar-refractivity contribution in [3.8, 4) is 0 Å². The molecule has 15 heavy (non-hydrogen) atoms. The van der Waals surface area contributed by atoms with Gasteiger partial charge in [0, 0.05) is 6.04 Å². The van der Waals surface area contributed by atoms with Gasteiger partial charge in [0.2, 0.25) is 0 Å². The molecular formula is C14H25N. The third kappa shape index (κ3) is 1.63. The monoisotopic (exact) mass is 207 g/mol. The van der Waals surface area contributed by atoms with Gasteiger partial charge in [0.05, 0.1) is 0 Å². The third-order valence-electron chi connectivity index (χ3n) is 5.46. The molecule has 1 nitrogen and oxygen atoms in total. The summed E-state index contributed by atoms with van der Waals surface area (Å²) >= 11 is 0. The fourth-order valence-corrected chi connectivity index (χ4v) is 4.75. The Kier molecular flexibility index (Phi) is 2.76. The molecule has 86 valence electrons. The topological polar surface area (TPSA) is 12.0 Å². The van der Waals surface area contributed by atoms with Crippen LogP contribution < -0.4 is 5.32 Å². The maximum absolute atomic E-state index is 3.82. The van der Waals surface area contributed by atoms with E-state index < -0.39 is 0 Å². The molecule has 3 fully saturated rings. The second-order valence-electron chi connectivity index (χ2n) is 6.07. The largest absolute Gasteiger partial charge is 0.313 e. The highest BCUT2D eigenvalue weighted by Crippen LogP contribution is 2.54. The Morgan fingerprint density at radius 1 is 0.800 bits per heavy atom. The van der Waals surface area contributed by atoms with Gasteiger partial charge in [-0.2, -0.15) is 0 Å². The molecule has 1 N–H and O–H groups in total. The molecule has 0 spiro atoms. The molecule has 0 amide bonds. The Labute approximate surface area is 94.0 Å². The van der Waals surface area contributed by atoms with Gasteiger partial charge in [-0.1, -0.05) is 25.7 Å². The lowest BCUT2D eigenvalue weighted by Gasteiger charge is -2.41. The molecule has 1 unspecified atom stereocenters. The smallest absolute Gasteiger partial charge is 0.0127 e. The first-order valence-electron chi connectivity index (χ1n) is 7.15. The van der Waals surface area contributed by atoms with E-state index in [1.165, 1.54) is 70.8 Å². The SMILES string of the molecule is C1CCC(C2(C3CCCN3)CCCC2)C1. The van der Waals surface area contributed by atoms with Crippen LogP contribution >= 0.6 is 0 Å². The fourth-order valence-electron chi connectivity index (χ4n) is 4.75. The van der Waals surface area contributed by atoms with Crippen molar-refractivity contribution in [2.75, 3.05) is 6.54 Å². The minimum atomic E-state index is 0.743. The lowest BCUT2D eigenvalue weighted by Crippen LogP contribution is -2.44. The van der Waals surface area contributed by atoms with Crippen LogP contribution in [-0.4, -0.2) is 12.6 Å². The summed E-state index contributed by atoms with van der Waals surface area (Å²) in [5.41, 5.74) is 0.743. The number of hydrogen-bond acceptors (Lipinski definition) is 1. The van der Waals surface area contributed by atoms with Crippen LogP contribution in [0.3, 0.4) is 0 Å². The minimum absolute atomic E-state index is 0.743. The first-order valence-corrected chi connectivity index (χ1v) is 7.15. The van der Waals surface area contributed by atoms with E-state index in [1.807, 2.05) is 0 Å². The van der Waals surface area contributed by atoms with E-state index in [9.17, 15) is 0 Å². The fraction of sp³-hybridized carbons (Fsp3) is 1.00. The predicted octanol–water partition coefficient (Wildman–Crippen LogP) is 3.49. The van der Waals surface area contributed by atoms with Crippen molar-refractivity contribution in [1.29, 1.82) is 0 Å². The Morgan fingerprint density at radius 3 is 2.13 bits per heavy atom. The molecule has 2 saturated carbocycles. The minimum Gasteiger partial charge on any atom is -0.313 e. The van der Waals surface area contributed by atoms with Crippen LogP contribution in [0.2, 0.25) is 0 Å². The van der Waals surface area contributed by atoms with Gasteiger partial charge in [0.1, 0.15) is 0 Å². The number of nitrogens with one attached hydrogen (secondary N) is 1. The maximum atomic E-state index is 3.82. The average molecular weight is 207 g/mol. The standard InChI is InChI=1S/C14H25N/c1-2-7-12(6-1)14(9-3-4-10-14)13-8-5-11-15-13/h12-13,15H,1-11H2. The molecule has 1 aliphatic heterocycles. The average Bonchev–Trinajstić information content (AvgIpc) is 3.02. The molecule has 0 aromatic carbocycles. The van der Waals surface area contributed by atoms with Crippen molar-refractivity contribution >= 4 is 0 Å². The van der Waals surface area contributed by atoms with Crippen molar-refractivity contribution < 1.29 is 0 Å². The second-order valence-corrected chi connectivity index (χ2v) is 6.07. The van der Waals surface area contributed by atoms with E-state index in [0.29, 0.717) is 0 Å². The first kappa shape index (κ1) is 10.1. The zero-order valence-corrected chi connectivity index (χ0v) is 9.93. The summed E-state index contributed by atoms with van der Waals surface area (Å²) < 4.78 is 0. The van der Waals surface area contributed by atoms with Crippen molar-refractivity contribution in [2.45, 2.75) is 70.3 Å². The van der Waals surface area contributed by atoms with Gasteiger partial charge in [0.25, 0.3) is 0 Å². The van der Waals surface area contributed by atoms with Crippen LogP contribution in [0.1, 0.15) is 64.2 Å². The van der Waals surface area contributed by atoms with Crippen molar-refractivity contribution in [2.24, 2.45) is 11.3 Å². The first-order chi connectivity index (χ1) is 7.42. The Bertz CT molecular complexity index is 187. The highest BCUT2D eigenvalue weighted by Gasteiger charge is 2.48. The number of rotatable bonds is 2. The van der Waals surface area contributed by atoms with Crippen molar-refractivity contribution in [1.82, 2.24) is 5.32 Å². The quantitative estimate of drug-likeness (QED) is 0.731. The molecule has 0 aromatic rings. The van der Waals surface area contributed by atoms with E-state index in [-0.39, 0.29) is 0 Å². The summed E-state index contributed by atoms with van der Waals surface area (Å²) in [4.78, 5) is 0. The van der Waals surface area contributed by atoms with Crippen LogP contribution in [-0.2, 0) is 0 Å². The van der Waals surface area contributed by atoms with Crippen LogP contribution in [0.15, 0.2) is 0 Å². The Hall–Kier alpha value is -0.0400. The van der Waals surface area contributed by atoms with E-state index >= 15 is 0 Å². The molecule has 2 aliphatic carbocycles. The van der Waals surface area contributed by atoms with E-state index in [2.05, 4.69) is 5.32 Å². The summed E-state index contributed by atoms with van der Waals surface area (Å²) in [6, 6.07) is 0.892. The van der Waals surface area contributed by atoms with E-state index in [1.54, 1.807) is 0 Å². The Morgan fingerprint density at radius 2 is 1.53 bits per heavy atom. The van der Waals surface area contributed by atoms with Crippen molar-refractivity contribution in [3.05, 3.63) is 0 Å². The maximum Gasteiger partial charge on any atom is 0.0127 e. The molecule has 1 atom stereocenters. The lowest BCUT2D eigenvalue weighted by molar-refractivity contribution is 0.114. The van der Waals surface area contributed by atoms with Gasteiger partial charge in [-0.15, -0.1) is 0 Å². The number of hydrogen-bond donors (Lipinski definition) is 1. The van der Waals surface area contributed by atoms with Crippen LogP contribution in [0.25, 0.3) is 0 Å². The predicted molar refractivity (Wildman–Crippen MR) is 63.9 cm³/mol. The van der Waals surface area contributed by atoms with E-state index in [0.717, 1.165) is 17.4 Å². The Balaban J connectivity index is 1.80. The van der Waals surface area contributed by atoms with Crippen LogP contribution in [0.5, 0.6) is 0 Å². The zero-order valence-electron chi connectivity index (χ0n) is 9.93. The molecule has 3 rings (SSSR count). The highest BCUT2D eigenvalue weighted by atomic mass is 15.0. The van der Waals surface area contributed by atoms with Crippen LogP contribution in [0, 0.1) is 11.3 Å². The summed E-state index contributed by atoms with van der Waals surface area (Å²) in [7, 11) is 0. The molecule has 0 aromatic heterocycles. The van der Waals surface area contributed by atoms with Gasteiger partial charge in [0.15, 0.2) is 0 Å². The molecule has 1 heteroatoms. The van der Waals surface area contributed by atoms with Crippen molar-refractivity contribution in [3.63, 3.8) is 0 Å². The van der Waals surface area contributed by atoms with Gasteiger partial charge in [-0.25, -0.2) is 0 Å².